The van der Waals surface area contributed by atoms with Gasteiger partial charge < -0.3 is 0 Å². The van der Waals surface area contributed by atoms with Crippen LogP contribution in [0.3, 0.4) is 0 Å². The first-order valence-corrected chi connectivity index (χ1v) is 12.3. The number of halogens is 2. The van der Waals surface area contributed by atoms with Crippen molar-refractivity contribution in [2.24, 2.45) is 0 Å². The zero-order valence-electron chi connectivity index (χ0n) is 15.5. The van der Waals surface area contributed by atoms with Gasteiger partial charge in [0.15, 0.2) is 0 Å². The predicted octanol–water partition coefficient (Wildman–Crippen LogP) is 7.33. The van der Waals surface area contributed by atoms with Crippen LogP contribution in [0.25, 0.3) is 0 Å². The summed E-state index contributed by atoms with van der Waals surface area (Å²) in [5.41, 5.74) is 3.96. The van der Waals surface area contributed by atoms with Gasteiger partial charge in [-0.1, -0.05) is 71.9 Å². The summed E-state index contributed by atoms with van der Waals surface area (Å²) in [7, 11) is 0. The molecular weight excluding hydrogens is 354 g/mol. The van der Waals surface area contributed by atoms with Crippen LogP contribution in [0, 0.1) is 0 Å². The topological polar surface area (TPSA) is 0 Å². The van der Waals surface area contributed by atoms with E-state index < -0.39 is 5.97 Å². The minimum Gasteiger partial charge on any atom is -0.0620 e. The van der Waals surface area contributed by atoms with E-state index in [0.717, 1.165) is 5.30 Å². The lowest BCUT2D eigenvalue weighted by Gasteiger charge is -2.24. The van der Waals surface area contributed by atoms with Crippen molar-refractivity contribution in [3.8, 4) is 0 Å². The molecule has 0 aromatic heterocycles. The minimum absolute atomic E-state index is 0.386. The largest absolute Gasteiger partial charge is 0.276 e. The molecule has 0 radical (unpaired) electrons. The van der Waals surface area contributed by atoms with Crippen molar-refractivity contribution < 1.29 is 0 Å². The van der Waals surface area contributed by atoms with Crippen LogP contribution < -0.4 is 10.6 Å². The summed E-state index contributed by atoms with van der Waals surface area (Å²) in [6.07, 6.45) is 0. The Morgan fingerprint density at radius 1 is 0.708 bits per heavy atom. The molecule has 0 saturated carbocycles. The normalized spacial score (nSPS) is 12.5. The molecule has 0 N–H and O–H groups in total. The molecule has 0 amide bonds. The Bertz CT molecular complexity index is 659. The molecule has 0 unspecified atom stereocenters. The highest BCUT2D eigenvalue weighted by molar-refractivity contribution is 8.26. The van der Waals surface area contributed by atoms with Gasteiger partial charge in [0.1, 0.15) is 33.1 Å². The lowest BCUT2D eigenvalue weighted by atomic mass is 9.89. The molecule has 0 atom stereocenters. The summed E-state index contributed by atoms with van der Waals surface area (Å²) in [5.74, 6) is -1.17. The van der Waals surface area contributed by atoms with E-state index >= 15 is 0 Å². The predicted molar refractivity (Wildman–Crippen MR) is 113 cm³/mol. The molecular formula is C21H28Cl2P+. The van der Waals surface area contributed by atoms with Crippen molar-refractivity contribution in [3.63, 3.8) is 0 Å². The number of benzene rings is 2. The van der Waals surface area contributed by atoms with Crippen molar-refractivity contribution in [1.29, 1.82) is 0 Å². The van der Waals surface area contributed by atoms with E-state index in [0.29, 0.717) is 17.8 Å². The van der Waals surface area contributed by atoms with Crippen molar-refractivity contribution in [2.45, 2.75) is 59.3 Å². The number of hydrogen-bond donors (Lipinski definition) is 0. The zero-order chi connectivity index (χ0) is 18.1. The quantitative estimate of drug-likeness (QED) is 0.475. The molecule has 0 fully saturated rings. The van der Waals surface area contributed by atoms with Crippen LogP contribution in [-0.4, -0.2) is 0 Å². The van der Waals surface area contributed by atoms with Crippen LogP contribution in [0.2, 0.25) is 0 Å². The fourth-order valence-corrected chi connectivity index (χ4v) is 6.93. The zero-order valence-corrected chi connectivity index (χ0v) is 17.9. The molecule has 0 aliphatic carbocycles. The van der Waals surface area contributed by atoms with Crippen LogP contribution in [0.15, 0.2) is 42.5 Å². The lowest BCUT2D eigenvalue weighted by molar-refractivity contribution is 0.813. The highest BCUT2D eigenvalue weighted by atomic mass is 35.9. The van der Waals surface area contributed by atoms with Gasteiger partial charge in [-0.3, -0.25) is 0 Å². The maximum Gasteiger partial charge on any atom is 0.276 e. The molecule has 0 aliphatic heterocycles. The third-order valence-corrected chi connectivity index (χ3v) is 8.67. The fourth-order valence-electron chi connectivity index (χ4n) is 2.99. The van der Waals surface area contributed by atoms with Gasteiger partial charge in [-0.15, -0.1) is 0 Å². The minimum atomic E-state index is -2.44. The maximum absolute atomic E-state index is 7.09. The standard InChI is InChI=1S/C21H28Cl2P/c1-14(2)17-12-19(15(3)4)21(20(13-17)16(5)6)24(22,23)18-10-8-7-9-11-18/h7-16H,1-6H3/q+1. The Morgan fingerprint density at radius 2 is 1.17 bits per heavy atom. The third kappa shape index (κ3) is 3.98. The average Bonchev–Trinajstić information content (AvgIpc) is 2.54. The maximum atomic E-state index is 7.09. The molecule has 0 aliphatic rings. The van der Waals surface area contributed by atoms with E-state index in [2.05, 4.69) is 65.8 Å². The fraction of sp³-hybridized carbons (Fsp3) is 0.429. The first-order valence-electron chi connectivity index (χ1n) is 8.68. The summed E-state index contributed by atoms with van der Waals surface area (Å²) in [6, 6.07) is 14.8. The first-order chi connectivity index (χ1) is 11.2. The van der Waals surface area contributed by atoms with E-state index in [1.165, 1.54) is 22.0 Å². The summed E-state index contributed by atoms with van der Waals surface area (Å²) >= 11 is 14.2. The number of hydrogen-bond acceptors (Lipinski definition) is 0. The molecule has 24 heavy (non-hydrogen) atoms. The SMILES string of the molecule is CC(C)c1cc(C(C)C)c([P+](Cl)(Cl)c2ccccc2)c(C(C)C)c1. The van der Waals surface area contributed by atoms with Crippen LogP contribution in [0.5, 0.6) is 0 Å². The number of rotatable bonds is 5. The Hall–Kier alpha value is -0.550. The highest BCUT2D eigenvalue weighted by Gasteiger charge is 2.46. The van der Waals surface area contributed by atoms with E-state index in [1.54, 1.807) is 0 Å². The van der Waals surface area contributed by atoms with Crippen molar-refractivity contribution in [3.05, 3.63) is 59.2 Å². The molecule has 2 aromatic carbocycles. The molecule has 2 rings (SSSR count). The van der Waals surface area contributed by atoms with Gasteiger partial charge in [0, 0.05) is 11.1 Å². The van der Waals surface area contributed by atoms with Gasteiger partial charge >= 0.3 is 0 Å². The van der Waals surface area contributed by atoms with Crippen molar-refractivity contribution in [2.75, 3.05) is 0 Å². The van der Waals surface area contributed by atoms with Gasteiger partial charge in [0.2, 0.25) is 0 Å². The molecule has 130 valence electrons. The average molecular weight is 382 g/mol. The first kappa shape index (κ1) is 19.8. The van der Waals surface area contributed by atoms with E-state index in [-0.39, 0.29) is 0 Å². The second kappa shape index (κ2) is 7.77. The Kier molecular flexibility index (Phi) is 6.40. The summed E-state index contributed by atoms with van der Waals surface area (Å²) in [5, 5.41) is 2.21. The van der Waals surface area contributed by atoms with Gasteiger partial charge in [-0.25, -0.2) is 0 Å². The second-order valence-electron chi connectivity index (χ2n) is 7.36. The smallest absolute Gasteiger partial charge is 0.0620 e. The molecule has 3 heteroatoms. The second-order valence-corrected chi connectivity index (χ2v) is 12.9. The van der Waals surface area contributed by atoms with Crippen LogP contribution in [0.4, 0.5) is 0 Å². The Labute approximate surface area is 157 Å². The van der Waals surface area contributed by atoms with Gasteiger partial charge in [-0.2, -0.15) is 0 Å². The van der Waals surface area contributed by atoms with Crippen LogP contribution in [0.1, 0.15) is 76.0 Å². The van der Waals surface area contributed by atoms with E-state index in [1.807, 2.05) is 18.2 Å². The molecule has 0 spiro atoms. The Balaban J connectivity index is 2.80. The summed E-state index contributed by atoms with van der Waals surface area (Å²) in [4.78, 5) is 0. The monoisotopic (exact) mass is 381 g/mol. The summed E-state index contributed by atoms with van der Waals surface area (Å²) < 4.78 is 0. The van der Waals surface area contributed by atoms with Crippen LogP contribution >= 0.6 is 28.4 Å². The van der Waals surface area contributed by atoms with Crippen molar-refractivity contribution >= 4 is 39.1 Å². The van der Waals surface area contributed by atoms with Gasteiger partial charge in [0.05, 0.1) is 0 Å². The van der Waals surface area contributed by atoms with Gasteiger partial charge in [-0.05, 0) is 35.4 Å². The molecule has 2 aromatic rings. The molecule has 0 heterocycles. The third-order valence-electron chi connectivity index (χ3n) is 4.46. The van der Waals surface area contributed by atoms with E-state index in [4.69, 9.17) is 22.5 Å². The van der Waals surface area contributed by atoms with E-state index in [9.17, 15) is 0 Å². The highest BCUT2D eigenvalue weighted by Crippen LogP contribution is 2.68. The molecule has 0 saturated heterocycles. The lowest BCUT2D eigenvalue weighted by Crippen LogP contribution is -2.24. The summed E-state index contributed by atoms with van der Waals surface area (Å²) in [6.45, 7) is 13.4. The molecule has 0 bridgehead atoms. The van der Waals surface area contributed by atoms with Gasteiger partial charge in [0.25, 0.3) is 5.97 Å². The molecule has 0 nitrogen and oxygen atoms in total. The Morgan fingerprint density at radius 3 is 1.54 bits per heavy atom. The van der Waals surface area contributed by atoms with Crippen molar-refractivity contribution in [1.82, 2.24) is 0 Å². The van der Waals surface area contributed by atoms with Crippen LogP contribution in [-0.2, 0) is 0 Å².